The number of carbonyl (C=O) groups is 1. The number of hydrogen-bond acceptors (Lipinski definition) is 6. The number of hydrogen-bond donors (Lipinski definition) is 3. The standard InChI is InChI=1S/C15H19BrN6O2/c1-8(19-15(23)24-2)7-18-14-17-6-5-10(20-14)11-12(16)22-13(21-11)9-3-4-9/h5-6,8-9H,3-4,7H2,1-2H3,(H,19,23)(H,21,22)(H,17,18,20)/t8-/m0/s1. The Hall–Kier alpha value is -2.16. The Morgan fingerprint density at radius 2 is 2.29 bits per heavy atom. The van der Waals surface area contributed by atoms with E-state index in [9.17, 15) is 4.79 Å². The van der Waals surface area contributed by atoms with Crippen molar-refractivity contribution in [2.24, 2.45) is 0 Å². The van der Waals surface area contributed by atoms with Crippen LogP contribution in [0.25, 0.3) is 11.4 Å². The van der Waals surface area contributed by atoms with Crippen LogP contribution in [0.3, 0.4) is 0 Å². The highest BCUT2D eigenvalue weighted by Crippen LogP contribution is 2.40. The Labute approximate surface area is 148 Å². The molecule has 0 radical (unpaired) electrons. The van der Waals surface area contributed by atoms with E-state index < -0.39 is 6.09 Å². The van der Waals surface area contributed by atoms with E-state index in [-0.39, 0.29) is 6.04 Å². The summed E-state index contributed by atoms with van der Waals surface area (Å²) in [4.78, 5) is 27.8. The fraction of sp³-hybridized carbons (Fsp3) is 0.467. The second kappa shape index (κ2) is 7.16. The maximum Gasteiger partial charge on any atom is 0.407 e. The number of amides is 1. The van der Waals surface area contributed by atoms with Gasteiger partial charge in [0.25, 0.3) is 0 Å². The summed E-state index contributed by atoms with van der Waals surface area (Å²) in [7, 11) is 1.33. The number of anilines is 1. The molecule has 1 aliphatic carbocycles. The van der Waals surface area contributed by atoms with Crippen molar-refractivity contribution in [1.29, 1.82) is 0 Å². The quantitative estimate of drug-likeness (QED) is 0.695. The number of ether oxygens (including phenoxy) is 1. The lowest BCUT2D eigenvalue weighted by molar-refractivity contribution is 0.168. The van der Waals surface area contributed by atoms with Gasteiger partial charge in [0.2, 0.25) is 5.95 Å². The molecule has 1 fully saturated rings. The van der Waals surface area contributed by atoms with Crippen LogP contribution < -0.4 is 10.6 Å². The molecule has 3 N–H and O–H groups in total. The third kappa shape index (κ3) is 4.02. The van der Waals surface area contributed by atoms with Gasteiger partial charge < -0.3 is 20.4 Å². The Morgan fingerprint density at radius 1 is 1.50 bits per heavy atom. The van der Waals surface area contributed by atoms with Crippen molar-refractivity contribution in [3.8, 4) is 11.4 Å². The summed E-state index contributed by atoms with van der Waals surface area (Å²) in [6, 6.07) is 1.70. The number of H-pyrrole nitrogens is 1. The molecule has 0 aliphatic heterocycles. The van der Waals surface area contributed by atoms with E-state index in [1.165, 1.54) is 20.0 Å². The minimum atomic E-state index is -0.466. The zero-order chi connectivity index (χ0) is 17.1. The lowest BCUT2D eigenvalue weighted by Gasteiger charge is -2.13. The number of carbonyl (C=O) groups excluding carboxylic acids is 1. The maximum absolute atomic E-state index is 11.2. The van der Waals surface area contributed by atoms with Crippen molar-refractivity contribution in [3.63, 3.8) is 0 Å². The smallest absolute Gasteiger partial charge is 0.407 e. The summed E-state index contributed by atoms with van der Waals surface area (Å²) in [6.45, 7) is 2.34. The van der Waals surface area contributed by atoms with Gasteiger partial charge in [-0.1, -0.05) is 0 Å². The zero-order valence-electron chi connectivity index (χ0n) is 13.5. The van der Waals surface area contributed by atoms with Crippen LogP contribution >= 0.6 is 15.9 Å². The van der Waals surface area contributed by atoms with Crippen LogP contribution in [0.5, 0.6) is 0 Å². The van der Waals surface area contributed by atoms with Gasteiger partial charge in [-0.05, 0) is 41.8 Å². The molecule has 1 aliphatic rings. The highest BCUT2D eigenvalue weighted by atomic mass is 79.9. The number of aromatic nitrogens is 4. The molecule has 2 aromatic heterocycles. The molecule has 128 valence electrons. The first-order valence-corrected chi connectivity index (χ1v) is 8.53. The molecule has 3 rings (SSSR count). The van der Waals surface area contributed by atoms with Crippen LogP contribution in [0.2, 0.25) is 0 Å². The second-order valence-corrected chi connectivity index (χ2v) is 6.54. The molecule has 0 saturated heterocycles. The SMILES string of the molecule is COC(=O)N[C@@H](C)CNc1nccc(-c2nc(C3CC3)[nH]c2Br)n1. The molecule has 1 amide bonds. The minimum Gasteiger partial charge on any atom is -0.453 e. The lowest BCUT2D eigenvalue weighted by atomic mass is 10.3. The number of rotatable bonds is 6. The molecule has 8 nitrogen and oxygen atoms in total. The minimum absolute atomic E-state index is 0.122. The Kier molecular flexibility index (Phi) is 4.98. The van der Waals surface area contributed by atoms with Gasteiger partial charge in [-0.25, -0.2) is 19.7 Å². The topological polar surface area (TPSA) is 105 Å². The fourth-order valence-electron chi connectivity index (χ4n) is 2.22. The first-order valence-electron chi connectivity index (χ1n) is 7.74. The summed E-state index contributed by atoms with van der Waals surface area (Å²) < 4.78 is 5.39. The second-order valence-electron chi connectivity index (χ2n) is 5.74. The van der Waals surface area contributed by atoms with Crippen molar-refractivity contribution in [1.82, 2.24) is 25.3 Å². The lowest BCUT2D eigenvalue weighted by Crippen LogP contribution is -2.37. The molecule has 9 heteroatoms. The van der Waals surface area contributed by atoms with Crippen LogP contribution in [-0.2, 0) is 4.74 Å². The Bertz CT molecular complexity index is 731. The largest absolute Gasteiger partial charge is 0.453 e. The molecule has 0 spiro atoms. The van der Waals surface area contributed by atoms with Crippen molar-refractivity contribution >= 4 is 28.0 Å². The zero-order valence-corrected chi connectivity index (χ0v) is 15.1. The fourth-order valence-corrected chi connectivity index (χ4v) is 2.72. The predicted octanol–water partition coefficient (Wildman–Crippen LogP) is 2.66. The van der Waals surface area contributed by atoms with E-state index >= 15 is 0 Å². The molecular weight excluding hydrogens is 376 g/mol. The molecule has 24 heavy (non-hydrogen) atoms. The van der Waals surface area contributed by atoms with Crippen molar-refractivity contribution in [2.75, 3.05) is 19.0 Å². The molecule has 1 atom stereocenters. The number of methoxy groups -OCH3 is 1. The van der Waals surface area contributed by atoms with Gasteiger partial charge >= 0.3 is 6.09 Å². The van der Waals surface area contributed by atoms with Crippen molar-refractivity contribution in [2.45, 2.75) is 31.7 Å². The van der Waals surface area contributed by atoms with Gasteiger partial charge in [-0.3, -0.25) is 0 Å². The summed E-state index contributed by atoms with van der Waals surface area (Å²) >= 11 is 3.51. The van der Waals surface area contributed by atoms with E-state index in [0.29, 0.717) is 18.4 Å². The average molecular weight is 395 g/mol. The van der Waals surface area contributed by atoms with Crippen LogP contribution in [0.15, 0.2) is 16.9 Å². The summed E-state index contributed by atoms with van der Waals surface area (Å²) in [6.07, 6.45) is 3.58. The van der Waals surface area contributed by atoms with Gasteiger partial charge in [0.05, 0.1) is 12.8 Å². The van der Waals surface area contributed by atoms with Crippen LogP contribution in [-0.4, -0.2) is 45.7 Å². The van der Waals surface area contributed by atoms with E-state index in [4.69, 9.17) is 0 Å². The van der Waals surface area contributed by atoms with Crippen LogP contribution in [0.1, 0.15) is 31.5 Å². The molecule has 0 unspecified atom stereocenters. The van der Waals surface area contributed by atoms with Crippen LogP contribution in [0, 0.1) is 0 Å². The van der Waals surface area contributed by atoms with E-state index in [1.54, 1.807) is 6.20 Å². The first kappa shape index (κ1) is 16.7. The predicted molar refractivity (Wildman–Crippen MR) is 92.8 cm³/mol. The number of halogens is 1. The Balaban J connectivity index is 1.67. The summed E-state index contributed by atoms with van der Waals surface area (Å²) in [5.41, 5.74) is 1.51. The van der Waals surface area contributed by atoms with E-state index in [2.05, 4.69) is 51.2 Å². The normalized spacial score (nSPS) is 15.0. The molecule has 0 bridgehead atoms. The molecule has 0 aromatic carbocycles. The number of aromatic amines is 1. The maximum atomic E-state index is 11.2. The monoisotopic (exact) mass is 394 g/mol. The average Bonchev–Trinajstić information content (AvgIpc) is 3.35. The number of imidazole rings is 1. The highest BCUT2D eigenvalue weighted by molar-refractivity contribution is 9.10. The number of nitrogens with zero attached hydrogens (tertiary/aromatic N) is 3. The van der Waals surface area contributed by atoms with E-state index in [1.807, 2.05) is 13.0 Å². The molecular formula is C15H19BrN6O2. The number of nitrogens with one attached hydrogen (secondary N) is 3. The van der Waals surface area contributed by atoms with Crippen molar-refractivity contribution < 1.29 is 9.53 Å². The number of alkyl carbamates (subject to hydrolysis) is 1. The summed E-state index contributed by atoms with van der Waals surface area (Å²) in [5.74, 6) is 2.02. The molecule has 1 saturated carbocycles. The first-order chi connectivity index (χ1) is 11.6. The van der Waals surface area contributed by atoms with Gasteiger partial charge in [-0.2, -0.15) is 0 Å². The third-order valence-electron chi connectivity index (χ3n) is 3.66. The highest BCUT2D eigenvalue weighted by Gasteiger charge is 2.28. The van der Waals surface area contributed by atoms with E-state index in [0.717, 1.165) is 21.8 Å². The molecule has 2 aromatic rings. The third-order valence-corrected chi connectivity index (χ3v) is 4.23. The summed E-state index contributed by atoms with van der Waals surface area (Å²) in [5, 5.41) is 5.77. The Morgan fingerprint density at radius 3 is 3.00 bits per heavy atom. The van der Waals surface area contributed by atoms with Crippen LogP contribution in [0.4, 0.5) is 10.7 Å². The van der Waals surface area contributed by atoms with Crippen molar-refractivity contribution in [3.05, 3.63) is 22.7 Å². The van der Waals surface area contributed by atoms with Gasteiger partial charge in [0.1, 0.15) is 16.1 Å². The van der Waals surface area contributed by atoms with Gasteiger partial charge in [-0.15, -0.1) is 0 Å². The molecule has 2 heterocycles. The van der Waals surface area contributed by atoms with Gasteiger partial charge in [0.15, 0.2) is 0 Å². The van der Waals surface area contributed by atoms with Gasteiger partial charge in [0, 0.05) is 24.7 Å².